The Balaban J connectivity index is 1.96. The number of aromatic carboxylic acids is 1. The number of carboxylic acid groups (broad SMARTS) is 1. The van der Waals surface area contributed by atoms with Gasteiger partial charge in [0.2, 0.25) is 5.91 Å². The summed E-state index contributed by atoms with van der Waals surface area (Å²) >= 11 is 0. The van der Waals surface area contributed by atoms with Crippen molar-refractivity contribution in [2.45, 2.75) is 25.9 Å². The lowest BCUT2D eigenvalue weighted by molar-refractivity contribution is -0.120. The average molecular weight is 374 g/mol. The Kier molecular flexibility index (Phi) is 7.31. The molecule has 1 atom stereocenters. The van der Waals surface area contributed by atoms with E-state index in [4.69, 9.17) is 5.11 Å². The summed E-state index contributed by atoms with van der Waals surface area (Å²) in [6.07, 6.45) is -0.276. The Hall–Kier alpha value is -2.93. The number of anilines is 1. The van der Waals surface area contributed by atoms with Crippen LogP contribution < -0.4 is 10.6 Å². The van der Waals surface area contributed by atoms with Crippen LogP contribution in [0.2, 0.25) is 0 Å². The number of rotatable bonds is 9. The van der Waals surface area contributed by atoms with E-state index in [9.17, 15) is 19.1 Å². The van der Waals surface area contributed by atoms with E-state index in [0.717, 1.165) is 5.56 Å². The predicted octanol–water partition coefficient (Wildman–Crippen LogP) is 2.22. The monoisotopic (exact) mass is 374 g/mol. The van der Waals surface area contributed by atoms with Crippen LogP contribution in [0.3, 0.4) is 0 Å². The van der Waals surface area contributed by atoms with Gasteiger partial charge < -0.3 is 20.8 Å². The van der Waals surface area contributed by atoms with Crippen LogP contribution >= 0.6 is 0 Å². The fourth-order valence-electron chi connectivity index (χ4n) is 2.69. The molecule has 0 aliphatic heterocycles. The van der Waals surface area contributed by atoms with Crippen molar-refractivity contribution in [1.29, 1.82) is 0 Å². The fraction of sp³-hybridized carbons (Fsp3) is 0.300. The second-order valence-electron chi connectivity index (χ2n) is 6.26. The van der Waals surface area contributed by atoms with Crippen molar-refractivity contribution < 1.29 is 24.2 Å². The molecule has 0 aliphatic rings. The highest BCUT2D eigenvalue weighted by molar-refractivity contribution is 5.89. The molecule has 4 N–H and O–H groups in total. The van der Waals surface area contributed by atoms with Gasteiger partial charge in [0.05, 0.1) is 23.8 Å². The first kappa shape index (κ1) is 20.4. The molecule has 144 valence electrons. The molecule has 0 heterocycles. The van der Waals surface area contributed by atoms with Gasteiger partial charge in [0.15, 0.2) is 5.82 Å². The number of nitrogens with one attached hydrogen (secondary N) is 2. The molecule has 2 rings (SSSR count). The maximum Gasteiger partial charge on any atom is 0.338 e. The van der Waals surface area contributed by atoms with Crippen LogP contribution in [0.1, 0.15) is 28.4 Å². The van der Waals surface area contributed by atoms with E-state index in [1.807, 2.05) is 30.3 Å². The molecule has 7 heteroatoms. The maximum absolute atomic E-state index is 14.5. The quantitative estimate of drug-likeness (QED) is 0.505. The summed E-state index contributed by atoms with van der Waals surface area (Å²) in [5.41, 5.74) is 0.957. The van der Waals surface area contributed by atoms with Gasteiger partial charge in [-0.15, -0.1) is 0 Å². The fourth-order valence-corrected chi connectivity index (χ4v) is 2.69. The first-order valence-electron chi connectivity index (χ1n) is 8.65. The van der Waals surface area contributed by atoms with E-state index in [1.165, 1.54) is 12.1 Å². The van der Waals surface area contributed by atoms with Crippen molar-refractivity contribution in [2.75, 3.05) is 18.4 Å². The summed E-state index contributed by atoms with van der Waals surface area (Å²) in [4.78, 5) is 23.0. The average Bonchev–Trinajstić information content (AvgIpc) is 2.60. The summed E-state index contributed by atoms with van der Waals surface area (Å²) in [6, 6.07) is 12.0. The largest absolute Gasteiger partial charge is 0.478 e. The van der Waals surface area contributed by atoms with Crippen molar-refractivity contribution in [3.8, 4) is 0 Å². The highest BCUT2D eigenvalue weighted by Gasteiger charge is 2.18. The number of halogens is 1. The topological polar surface area (TPSA) is 98.7 Å². The van der Waals surface area contributed by atoms with Gasteiger partial charge in [-0.3, -0.25) is 4.79 Å². The molecule has 0 spiro atoms. The van der Waals surface area contributed by atoms with Crippen molar-refractivity contribution in [1.82, 2.24) is 5.32 Å². The molecular weight excluding hydrogens is 351 g/mol. The van der Waals surface area contributed by atoms with Gasteiger partial charge in [0, 0.05) is 19.5 Å². The number of carbonyl (C=O) groups excluding carboxylic acids is 1. The Morgan fingerprint density at radius 2 is 1.81 bits per heavy atom. The second-order valence-corrected chi connectivity index (χ2v) is 6.26. The number of aliphatic hydroxyl groups is 1. The van der Waals surface area contributed by atoms with Crippen LogP contribution in [-0.2, 0) is 17.6 Å². The lowest BCUT2D eigenvalue weighted by atomic mass is 10.0. The van der Waals surface area contributed by atoms with Gasteiger partial charge in [-0.25, -0.2) is 9.18 Å². The standard InChI is InChI=1S/C20H23FN2O4/c1-13(24)11-15-7-8-16(20(26)27)18(21)19(15)23-10-9-22-17(25)12-14-5-3-2-4-6-14/h2-8,13,23-24H,9-12H2,1H3,(H,22,25)(H,26,27). The van der Waals surface area contributed by atoms with Gasteiger partial charge in [-0.05, 0) is 24.1 Å². The molecule has 0 bridgehead atoms. The lowest BCUT2D eigenvalue weighted by Gasteiger charge is -2.16. The van der Waals surface area contributed by atoms with Crippen LogP contribution in [0.25, 0.3) is 0 Å². The second kappa shape index (κ2) is 9.68. The Bertz CT molecular complexity index is 794. The smallest absolute Gasteiger partial charge is 0.338 e. The zero-order chi connectivity index (χ0) is 19.8. The normalized spacial score (nSPS) is 11.7. The zero-order valence-electron chi connectivity index (χ0n) is 15.0. The molecule has 27 heavy (non-hydrogen) atoms. The minimum absolute atomic E-state index is 0.0353. The molecule has 0 saturated heterocycles. The van der Waals surface area contributed by atoms with E-state index >= 15 is 0 Å². The Labute approximate surface area is 157 Å². The molecule has 6 nitrogen and oxygen atoms in total. The molecule has 0 fully saturated rings. The summed E-state index contributed by atoms with van der Waals surface area (Å²) in [5.74, 6) is -2.40. The van der Waals surface area contributed by atoms with Crippen molar-refractivity contribution in [2.24, 2.45) is 0 Å². The number of amides is 1. The van der Waals surface area contributed by atoms with Gasteiger partial charge in [-0.1, -0.05) is 36.4 Å². The molecule has 0 saturated carbocycles. The third-order valence-electron chi connectivity index (χ3n) is 3.93. The SMILES string of the molecule is CC(O)Cc1ccc(C(=O)O)c(F)c1NCCNC(=O)Cc1ccccc1. The first-order chi connectivity index (χ1) is 12.9. The van der Waals surface area contributed by atoms with Gasteiger partial charge in [0.25, 0.3) is 0 Å². The van der Waals surface area contributed by atoms with Crippen molar-refractivity contribution in [3.63, 3.8) is 0 Å². The van der Waals surface area contributed by atoms with E-state index in [-0.39, 0.29) is 37.5 Å². The minimum atomic E-state index is -1.37. The van der Waals surface area contributed by atoms with Crippen molar-refractivity contribution >= 4 is 17.6 Å². The number of aliphatic hydroxyl groups excluding tert-OH is 1. The maximum atomic E-state index is 14.5. The molecule has 1 unspecified atom stereocenters. The van der Waals surface area contributed by atoms with Gasteiger partial charge >= 0.3 is 5.97 Å². The number of carboxylic acids is 1. The van der Waals surface area contributed by atoms with Crippen LogP contribution in [0.5, 0.6) is 0 Å². The van der Waals surface area contributed by atoms with Crippen LogP contribution in [0.4, 0.5) is 10.1 Å². The van der Waals surface area contributed by atoms with Crippen LogP contribution in [0.15, 0.2) is 42.5 Å². The zero-order valence-corrected chi connectivity index (χ0v) is 15.0. The number of hydrogen-bond donors (Lipinski definition) is 4. The summed E-state index contributed by atoms with van der Waals surface area (Å²) in [5, 5.41) is 24.2. The molecule has 0 aliphatic carbocycles. The highest BCUT2D eigenvalue weighted by Crippen LogP contribution is 2.24. The van der Waals surface area contributed by atoms with Crippen LogP contribution in [-0.4, -0.2) is 41.3 Å². The van der Waals surface area contributed by atoms with Gasteiger partial charge in [0.1, 0.15) is 0 Å². The van der Waals surface area contributed by atoms with E-state index in [1.54, 1.807) is 6.92 Å². The van der Waals surface area contributed by atoms with E-state index < -0.39 is 23.5 Å². The minimum Gasteiger partial charge on any atom is -0.478 e. The molecule has 2 aromatic carbocycles. The van der Waals surface area contributed by atoms with E-state index in [2.05, 4.69) is 10.6 Å². The Morgan fingerprint density at radius 1 is 1.11 bits per heavy atom. The van der Waals surface area contributed by atoms with Crippen molar-refractivity contribution in [3.05, 3.63) is 65.0 Å². The number of benzene rings is 2. The molecule has 2 aromatic rings. The molecule has 0 radical (unpaired) electrons. The Morgan fingerprint density at radius 3 is 2.44 bits per heavy atom. The first-order valence-corrected chi connectivity index (χ1v) is 8.65. The summed E-state index contributed by atoms with van der Waals surface area (Å²) in [6.45, 7) is 2.03. The number of carbonyl (C=O) groups is 2. The molecular formula is C20H23FN2O4. The van der Waals surface area contributed by atoms with Crippen LogP contribution in [0, 0.1) is 5.82 Å². The highest BCUT2D eigenvalue weighted by atomic mass is 19.1. The lowest BCUT2D eigenvalue weighted by Crippen LogP contribution is -2.30. The molecule has 0 aromatic heterocycles. The van der Waals surface area contributed by atoms with E-state index in [0.29, 0.717) is 5.56 Å². The third kappa shape index (κ3) is 6.07. The summed E-state index contributed by atoms with van der Waals surface area (Å²) < 4.78 is 14.5. The summed E-state index contributed by atoms with van der Waals surface area (Å²) in [7, 11) is 0. The predicted molar refractivity (Wildman–Crippen MR) is 100 cm³/mol. The van der Waals surface area contributed by atoms with Gasteiger partial charge in [-0.2, -0.15) is 0 Å². The number of hydrogen-bond acceptors (Lipinski definition) is 4. The third-order valence-corrected chi connectivity index (χ3v) is 3.93. The molecule has 1 amide bonds.